The maximum atomic E-state index is 13.1. The molecule has 94 valence electrons. The van der Waals surface area contributed by atoms with Crippen molar-refractivity contribution in [2.45, 2.75) is 5.88 Å². The lowest BCUT2D eigenvalue weighted by Gasteiger charge is -2.11. The molecule has 0 atom stereocenters. The van der Waals surface area contributed by atoms with Gasteiger partial charge in [0.05, 0.1) is 10.4 Å². The van der Waals surface area contributed by atoms with Gasteiger partial charge in [-0.2, -0.15) is 0 Å². The van der Waals surface area contributed by atoms with Gasteiger partial charge in [0.2, 0.25) is 0 Å². The summed E-state index contributed by atoms with van der Waals surface area (Å²) in [6, 6.07) is 8.10. The van der Waals surface area contributed by atoms with Crippen molar-refractivity contribution < 1.29 is 13.5 Å². The van der Waals surface area contributed by atoms with Gasteiger partial charge in [-0.25, -0.2) is 8.78 Å². The second kappa shape index (κ2) is 5.67. The third kappa shape index (κ3) is 3.00. The second-order valence-corrected chi connectivity index (χ2v) is 4.68. The highest BCUT2D eigenvalue weighted by Crippen LogP contribution is 2.32. The molecule has 0 aliphatic rings. The minimum atomic E-state index is -0.414. The zero-order valence-corrected chi connectivity index (χ0v) is 11.4. The van der Waals surface area contributed by atoms with E-state index in [1.807, 2.05) is 0 Å². The predicted molar refractivity (Wildman–Crippen MR) is 70.1 cm³/mol. The fourth-order valence-corrected chi connectivity index (χ4v) is 1.96. The van der Waals surface area contributed by atoms with Crippen molar-refractivity contribution in [3.05, 3.63) is 58.1 Å². The Morgan fingerprint density at radius 1 is 1.00 bits per heavy atom. The average molecular weight is 334 g/mol. The van der Waals surface area contributed by atoms with E-state index in [0.717, 1.165) is 0 Å². The van der Waals surface area contributed by atoms with E-state index in [1.54, 1.807) is 0 Å². The number of ether oxygens (including phenoxy) is 1. The van der Waals surface area contributed by atoms with Crippen LogP contribution in [0, 0.1) is 11.6 Å². The molecule has 18 heavy (non-hydrogen) atoms. The molecule has 0 aliphatic carbocycles. The van der Waals surface area contributed by atoms with Crippen molar-refractivity contribution in [3.63, 3.8) is 0 Å². The number of benzene rings is 2. The minimum Gasteiger partial charge on any atom is -0.456 e. The minimum absolute atomic E-state index is 0.111. The van der Waals surface area contributed by atoms with Crippen LogP contribution in [0.5, 0.6) is 11.5 Å². The van der Waals surface area contributed by atoms with Crippen LogP contribution in [0.15, 0.2) is 40.9 Å². The fraction of sp³-hybridized carbons (Fsp3) is 0.0769. The Morgan fingerprint density at radius 2 is 1.67 bits per heavy atom. The van der Waals surface area contributed by atoms with Gasteiger partial charge in [-0.05, 0) is 46.3 Å². The van der Waals surface area contributed by atoms with Crippen LogP contribution in [0.25, 0.3) is 0 Å². The molecular formula is C13H8BrClF2O. The molecule has 0 aliphatic heterocycles. The highest BCUT2D eigenvalue weighted by atomic mass is 79.9. The Morgan fingerprint density at radius 3 is 2.39 bits per heavy atom. The Hall–Kier alpha value is -1.13. The average Bonchev–Trinajstić information content (AvgIpc) is 2.36. The van der Waals surface area contributed by atoms with Gasteiger partial charge in [0.25, 0.3) is 0 Å². The number of halogens is 4. The summed E-state index contributed by atoms with van der Waals surface area (Å²) in [6.07, 6.45) is 0. The quantitative estimate of drug-likeness (QED) is 0.696. The summed E-state index contributed by atoms with van der Waals surface area (Å²) in [5.41, 5.74) is 0.507. The Balaban J connectivity index is 2.36. The molecule has 0 spiro atoms. The topological polar surface area (TPSA) is 9.23 Å². The third-order valence-electron chi connectivity index (χ3n) is 2.28. The van der Waals surface area contributed by atoms with Crippen LogP contribution in [0.1, 0.15) is 5.56 Å². The van der Waals surface area contributed by atoms with Gasteiger partial charge < -0.3 is 4.74 Å². The first-order chi connectivity index (χ1) is 8.60. The van der Waals surface area contributed by atoms with E-state index in [0.29, 0.717) is 21.5 Å². The molecule has 2 aromatic carbocycles. The van der Waals surface area contributed by atoms with Crippen molar-refractivity contribution >= 4 is 27.5 Å². The van der Waals surface area contributed by atoms with Crippen LogP contribution in [0.4, 0.5) is 8.78 Å². The van der Waals surface area contributed by atoms with E-state index < -0.39 is 11.6 Å². The maximum Gasteiger partial charge on any atom is 0.144 e. The summed E-state index contributed by atoms with van der Waals surface area (Å²) in [7, 11) is 0. The van der Waals surface area contributed by atoms with Crippen LogP contribution in [-0.2, 0) is 5.88 Å². The van der Waals surface area contributed by atoms with Crippen molar-refractivity contribution in [2.24, 2.45) is 0 Å². The van der Waals surface area contributed by atoms with Gasteiger partial charge in [0, 0.05) is 11.6 Å². The SMILES string of the molecule is Fc1ccc(Oc2cc(F)ccc2Br)c(CCl)c1. The van der Waals surface area contributed by atoms with E-state index in [-0.39, 0.29) is 5.88 Å². The number of alkyl halides is 1. The smallest absolute Gasteiger partial charge is 0.144 e. The Bertz CT molecular complexity index is 575. The number of hydrogen-bond donors (Lipinski definition) is 0. The molecule has 1 nitrogen and oxygen atoms in total. The molecule has 2 aromatic rings. The van der Waals surface area contributed by atoms with Crippen LogP contribution in [-0.4, -0.2) is 0 Å². The summed E-state index contributed by atoms with van der Waals surface area (Å²) >= 11 is 8.96. The summed E-state index contributed by atoms with van der Waals surface area (Å²) in [4.78, 5) is 0. The summed E-state index contributed by atoms with van der Waals surface area (Å²) < 4.78 is 32.3. The molecule has 0 amide bonds. The number of hydrogen-bond acceptors (Lipinski definition) is 1. The molecule has 0 saturated carbocycles. The fourth-order valence-electron chi connectivity index (χ4n) is 1.43. The monoisotopic (exact) mass is 332 g/mol. The molecule has 0 fully saturated rings. The molecule has 0 bridgehead atoms. The normalized spacial score (nSPS) is 10.4. The lowest BCUT2D eigenvalue weighted by atomic mass is 10.2. The zero-order chi connectivity index (χ0) is 13.1. The molecular weight excluding hydrogens is 325 g/mol. The maximum absolute atomic E-state index is 13.1. The van der Waals surface area contributed by atoms with Gasteiger partial charge in [-0.15, -0.1) is 11.6 Å². The summed E-state index contributed by atoms with van der Waals surface area (Å²) in [5, 5.41) is 0. The molecule has 0 unspecified atom stereocenters. The lowest BCUT2D eigenvalue weighted by Crippen LogP contribution is -1.92. The molecule has 0 heterocycles. The standard InChI is InChI=1S/C13H8BrClF2O/c14-11-3-1-10(17)6-13(11)18-12-4-2-9(16)5-8(12)7-15/h1-6H,7H2. The van der Waals surface area contributed by atoms with Crippen LogP contribution in [0.2, 0.25) is 0 Å². The molecule has 5 heteroatoms. The first kappa shape index (κ1) is 13.3. The second-order valence-electron chi connectivity index (χ2n) is 3.56. The van der Waals surface area contributed by atoms with Gasteiger partial charge in [0.15, 0.2) is 0 Å². The van der Waals surface area contributed by atoms with E-state index in [2.05, 4.69) is 15.9 Å². The number of rotatable bonds is 3. The van der Waals surface area contributed by atoms with E-state index in [4.69, 9.17) is 16.3 Å². The van der Waals surface area contributed by atoms with Crippen molar-refractivity contribution in [1.82, 2.24) is 0 Å². The Labute approximate surface area is 116 Å². The zero-order valence-electron chi connectivity index (χ0n) is 9.09. The van der Waals surface area contributed by atoms with Crippen LogP contribution in [0.3, 0.4) is 0 Å². The first-order valence-electron chi connectivity index (χ1n) is 5.07. The van der Waals surface area contributed by atoms with Gasteiger partial charge in [-0.1, -0.05) is 0 Å². The molecule has 0 N–H and O–H groups in total. The van der Waals surface area contributed by atoms with Gasteiger partial charge >= 0.3 is 0 Å². The van der Waals surface area contributed by atoms with Crippen LogP contribution >= 0.6 is 27.5 Å². The molecule has 2 rings (SSSR count). The van der Waals surface area contributed by atoms with Crippen molar-refractivity contribution in [1.29, 1.82) is 0 Å². The highest BCUT2D eigenvalue weighted by Gasteiger charge is 2.09. The van der Waals surface area contributed by atoms with Gasteiger partial charge in [0.1, 0.15) is 23.1 Å². The largest absolute Gasteiger partial charge is 0.456 e. The predicted octanol–water partition coefficient (Wildman–Crippen LogP) is 5.26. The first-order valence-corrected chi connectivity index (χ1v) is 6.40. The molecule has 0 radical (unpaired) electrons. The molecule has 0 aromatic heterocycles. The van der Waals surface area contributed by atoms with E-state index in [9.17, 15) is 8.78 Å². The third-order valence-corrected chi connectivity index (χ3v) is 3.22. The summed E-state index contributed by atoms with van der Waals surface area (Å²) in [5.74, 6) is 0.0183. The Kier molecular flexibility index (Phi) is 4.19. The van der Waals surface area contributed by atoms with Crippen molar-refractivity contribution in [2.75, 3.05) is 0 Å². The molecule has 0 saturated heterocycles. The lowest BCUT2D eigenvalue weighted by molar-refractivity contribution is 0.467. The van der Waals surface area contributed by atoms with Crippen LogP contribution < -0.4 is 4.74 Å². The summed E-state index contributed by atoms with van der Waals surface area (Å²) in [6.45, 7) is 0. The van der Waals surface area contributed by atoms with E-state index >= 15 is 0 Å². The van der Waals surface area contributed by atoms with E-state index in [1.165, 1.54) is 36.4 Å². The van der Waals surface area contributed by atoms with Gasteiger partial charge in [-0.3, -0.25) is 0 Å². The van der Waals surface area contributed by atoms with Crippen molar-refractivity contribution in [3.8, 4) is 11.5 Å². The highest BCUT2D eigenvalue weighted by molar-refractivity contribution is 9.10.